The Morgan fingerprint density at radius 2 is 1.91 bits per heavy atom. The molecule has 6 nitrogen and oxygen atoms in total. The van der Waals surface area contributed by atoms with Crippen molar-refractivity contribution in [3.8, 4) is 22.9 Å². The number of carboxylic acids is 1. The summed E-state index contributed by atoms with van der Waals surface area (Å²) < 4.78 is 5.35. The van der Waals surface area contributed by atoms with Crippen LogP contribution < -0.4 is 10.1 Å². The van der Waals surface area contributed by atoms with E-state index < -0.39 is 5.97 Å². The van der Waals surface area contributed by atoms with Gasteiger partial charge in [0, 0.05) is 22.7 Å². The number of aryl methyl sites for hydroxylation is 1. The van der Waals surface area contributed by atoms with Gasteiger partial charge in [-0.1, -0.05) is 30.3 Å². The van der Waals surface area contributed by atoms with Crippen molar-refractivity contribution in [3.63, 3.8) is 0 Å². The van der Waals surface area contributed by atoms with Crippen LogP contribution in [-0.2, 0) is 0 Å². The van der Waals surface area contributed by atoms with E-state index in [1.54, 1.807) is 31.4 Å². The third-order valence-electron chi connectivity index (χ3n) is 5.59. The lowest BCUT2D eigenvalue weighted by Crippen LogP contribution is -2.11. The topological polar surface area (TPSA) is 95.2 Å². The summed E-state index contributed by atoms with van der Waals surface area (Å²) in [5.74, 6) is -0.291. The highest BCUT2D eigenvalue weighted by atomic mass is 16.5. The smallest absolute Gasteiger partial charge is 0.337 e. The Hall–Kier alpha value is -4.37. The highest BCUT2D eigenvalue weighted by Gasteiger charge is 2.18. The summed E-state index contributed by atoms with van der Waals surface area (Å²) in [6, 6.07) is 22.4. The summed E-state index contributed by atoms with van der Waals surface area (Å²) in [4.78, 5) is 16.3. The molecule has 6 heteroatoms. The van der Waals surface area contributed by atoms with Crippen LogP contribution in [0.2, 0.25) is 0 Å². The zero-order valence-electron chi connectivity index (χ0n) is 18.6. The number of benzene rings is 3. The second-order valence-corrected chi connectivity index (χ2v) is 7.87. The molecule has 3 aromatic carbocycles. The minimum absolute atomic E-state index is 0.208. The number of nitriles is 1. The number of methoxy groups -OCH3 is 1. The number of anilines is 1. The van der Waals surface area contributed by atoms with Gasteiger partial charge < -0.3 is 15.2 Å². The number of carboxylic acid groups (broad SMARTS) is 1. The fourth-order valence-electron chi connectivity index (χ4n) is 4.01. The Morgan fingerprint density at radius 3 is 2.64 bits per heavy atom. The Bertz CT molecular complexity index is 1410. The highest BCUT2D eigenvalue weighted by molar-refractivity contribution is 5.94. The number of nitrogens with zero attached hydrogens (tertiary/aromatic N) is 2. The van der Waals surface area contributed by atoms with Crippen LogP contribution in [0.1, 0.15) is 40.1 Å². The Morgan fingerprint density at radius 1 is 1.12 bits per heavy atom. The standard InChI is InChI=1S/C27H23N3O3/c1-16-11-21(17(2)29-24-10-5-4-9-20(24)27(31)32)23-14-22(26(15-28)30-25(23)12-16)18-7-6-8-19(13-18)33-3/h4-14,17,29H,1-3H3,(H,31,32). The first-order chi connectivity index (χ1) is 15.9. The van der Waals surface area contributed by atoms with E-state index in [1.165, 1.54) is 0 Å². The minimum Gasteiger partial charge on any atom is -0.497 e. The first-order valence-electron chi connectivity index (χ1n) is 10.5. The van der Waals surface area contributed by atoms with Gasteiger partial charge in [0.1, 0.15) is 17.5 Å². The molecule has 0 aliphatic carbocycles. The zero-order valence-corrected chi connectivity index (χ0v) is 18.6. The van der Waals surface area contributed by atoms with Gasteiger partial charge in [0.2, 0.25) is 0 Å². The molecule has 1 atom stereocenters. The molecular weight excluding hydrogens is 414 g/mol. The van der Waals surface area contributed by atoms with E-state index in [9.17, 15) is 15.2 Å². The van der Waals surface area contributed by atoms with Crippen molar-refractivity contribution >= 4 is 22.6 Å². The number of ether oxygens (including phenoxy) is 1. The first-order valence-corrected chi connectivity index (χ1v) is 10.5. The molecule has 0 radical (unpaired) electrons. The number of para-hydroxylation sites is 1. The van der Waals surface area contributed by atoms with Crippen LogP contribution in [0, 0.1) is 18.3 Å². The Kier molecular flexibility index (Phi) is 5.97. The quantitative estimate of drug-likeness (QED) is 0.386. The fraction of sp³-hybridized carbons (Fsp3) is 0.148. The predicted octanol–water partition coefficient (Wildman–Crippen LogP) is 5.96. The van der Waals surface area contributed by atoms with Crippen LogP contribution in [0.5, 0.6) is 5.75 Å². The lowest BCUT2D eigenvalue weighted by molar-refractivity contribution is 0.0698. The van der Waals surface area contributed by atoms with Crippen molar-refractivity contribution in [1.82, 2.24) is 4.98 Å². The average Bonchev–Trinajstić information content (AvgIpc) is 2.82. The molecule has 0 bridgehead atoms. The second-order valence-electron chi connectivity index (χ2n) is 7.87. The molecule has 0 saturated carbocycles. The van der Waals surface area contributed by atoms with Gasteiger partial charge in [0.05, 0.1) is 18.2 Å². The maximum atomic E-state index is 11.6. The summed E-state index contributed by atoms with van der Waals surface area (Å²) in [6.45, 7) is 3.96. The van der Waals surface area contributed by atoms with E-state index in [1.807, 2.05) is 50.2 Å². The van der Waals surface area contributed by atoms with Crippen LogP contribution in [0.25, 0.3) is 22.0 Å². The summed E-state index contributed by atoms with van der Waals surface area (Å²) >= 11 is 0. The van der Waals surface area contributed by atoms with Crippen LogP contribution in [0.15, 0.2) is 66.7 Å². The van der Waals surface area contributed by atoms with Gasteiger partial charge in [-0.2, -0.15) is 5.26 Å². The second kappa shape index (κ2) is 9.01. The van der Waals surface area contributed by atoms with Crippen molar-refractivity contribution in [3.05, 3.63) is 89.1 Å². The van der Waals surface area contributed by atoms with Gasteiger partial charge >= 0.3 is 5.97 Å². The molecule has 1 heterocycles. The van der Waals surface area contributed by atoms with Crippen LogP contribution in [0.3, 0.4) is 0 Å². The number of hydrogen-bond acceptors (Lipinski definition) is 5. The Balaban J connectivity index is 1.87. The van der Waals surface area contributed by atoms with Gasteiger partial charge in [-0.15, -0.1) is 0 Å². The molecule has 33 heavy (non-hydrogen) atoms. The van der Waals surface area contributed by atoms with Gasteiger partial charge in [-0.05, 0) is 66.9 Å². The van der Waals surface area contributed by atoms with Gasteiger partial charge in [-0.3, -0.25) is 0 Å². The number of hydrogen-bond donors (Lipinski definition) is 2. The molecule has 0 aliphatic heterocycles. The fourth-order valence-corrected chi connectivity index (χ4v) is 4.01. The number of nitrogens with one attached hydrogen (secondary N) is 1. The monoisotopic (exact) mass is 437 g/mol. The average molecular weight is 437 g/mol. The van der Waals surface area contributed by atoms with Crippen LogP contribution >= 0.6 is 0 Å². The van der Waals surface area contributed by atoms with E-state index in [-0.39, 0.29) is 11.6 Å². The molecule has 4 rings (SSSR count). The molecule has 0 fully saturated rings. The number of fused-ring (bicyclic) bond motifs is 1. The summed E-state index contributed by atoms with van der Waals surface area (Å²) in [6.07, 6.45) is 0. The van der Waals surface area contributed by atoms with Gasteiger partial charge in [0.15, 0.2) is 0 Å². The van der Waals surface area contributed by atoms with Gasteiger partial charge in [-0.25, -0.2) is 9.78 Å². The van der Waals surface area contributed by atoms with Crippen LogP contribution in [0.4, 0.5) is 5.69 Å². The molecule has 0 saturated heterocycles. The van der Waals surface area contributed by atoms with Crippen LogP contribution in [-0.4, -0.2) is 23.2 Å². The summed E-state index contributed by atoms with van der Waals surface area (Å²) in [5, 5.41) is 23.5. The number of aromatic carboxylic acids is 1. The minimum atomic E-state index is -0.986. The molecule has 2 N–H and O–H groups in total. The number of carbonyl (C=O) groups is 1. The molecule has 1 unspecified atom stereocenters. The van der Waals surface area contributed by atoms with Crippen molar-refractivity contribution in [2.75, 3.05) is 12.4 Å². The Labute approximate surface area is 192 Å². The molecule has 0 amide bonds. The largest absolute Gasteiger partial charge is 0.497 e. The van der Waals surface area contributed by atoms with E-state index >= 15 is 0 Å². The van der Waals surface area contributed by atoms with Crippen molar-refractivity contribution in [2.45, 2.75) is 19.9 Å². The maximum Gasteiger partial charge on any atom is 0.337 e. The lowest BCUT2D eigenvalue weighted by atomic mass is 9.95. The summed E-state index contributed by atoms with van der Waals surface area (Å²) in [5.41, 5.74) is 5.33. The van der Waals surface area contributed by atoms with Crippen molar-refractivity contribution in [1.29, 1.82) is 5.26 Å². The number of rotatable bonds is 6. The molecular formula is C27H23N3O3. The van der Waals surface area contributed by atoms with E-state index in [2.05, 4.69) is 22.4 Å². The SMILES string of the molecule is COc1cccc(-c2cc3c(C(C)Nc4ccccc4C(=O)O)cc(C)cc3nc2C#N)c1. The van der Waals surface area contributed by atoms with Crippen molar-refractivity contribution in [2.24, 2.45) is 0 Å². The molecule has 1 aromatic heterocycles. The third kappa shape index (κ3) is 4.35. The molecule has 164 valence electrons. The number of aromatic nitrogens is 1. The third-order valence-corrected chi connectivity index (χ3v) is 5.59. The lowest BCUT2D eigenvalue weighted by Gasteiger charge is -2.20. The maximum absolute atomic E-state index is 11.6. The van der Waals surface area contributed by atoms with Crippen molar-refractivity contribution < 1.29 is 14.6 Å². The highest BCUT2D eigenvalue weighted by Crippen LogP contribution is 2.34. The normalized spacial score (nSPS) is 11.6. The van der Waals surface area contributed by atoms with E-state index in [0.717, 1.165) is 22.1 Å². The first kappa shape index (κ1) is 21.8. The predicted molar refractivity (Wildman–Crippen MR) is 129 cm³/mol. The van der Waals surface area contributed by atoms with Gasteiger partial charge in [0.25, 0.3) is 0 Å². The molecule has 4 aromatic rings. The zero-order chi connectivity index (χ0) is 23.5. The summed E-state index contributed by atoms with van der Waals surface area (Å²) in [7, 11) is 1.60. The van der Waals surface area contributed by atoms with E-state index in [0.29, 0.717) is 28.2 Å². The van der Waals surface area contributed by atoms with E-state index in [4.69, 9.17) is 4.74 Å². The molecule has 0 spiro atoms. The number of pyridine rings is 1. The molecule has 0 aliphatic rings.